The molecule has 0 bridgehead atoms. The second-order valence-electron chi connectivity index (χ2n) is 8.37. The normalized spacial score (nSPS) is 15.2. The van der Waals surface area contributed by atoms with E-state index in [9.17, 15) is 14.9 Å². The third kappa shape index (κ3) is 5.54. The fourth-order valence-electron chi connectivity index (χ4n) is 4.03. The Labute approximate surface area is 219 Å². The molecule has 4 rings (SSSR count). The van der Waals surface area contributed by atoms with Crippen molar-refractivity contribution in [1.29, 1.82) is 5.26 Å². The van der Waals surface area contributed by atoms with E-state index in [1.54, 1.807) is 43.3 Å². The molecule has 1 heterocycles. The predicted molar refractivity (Wildman–Crippen MR) is 146 cm³/mol. The molecule has 1 atom stereocenters. The van der Waals surface area contributed by atoms with Crippen molar-refractivity contribution in [3.8, 4) is 6.07 Å². The Kier molecular flexibility index (Phi) is 7.94. The van der Waals surface area contributed by atoms with E-state index in [4.69, 9.17) is 11.6 Å². The number of hydrogen-bond donors (Lipinski definition) is 2. The van der Waals surface area contributed by atoms with E-state index >= 15 is 0 Å². The van der Waals surface area contributed by atoms with Crippen LogP contribution in [0.1, 0.15) is 34.3 Å². The maximum Gasteiger partial charge on any atom is 0.254 e. The number of nitrogens with zero attached hydrogens (tertiary/aromatic N) is 1. The van der Waals surface area contributed by atoms with Crippen molar-refractivity contribution in [3.63, 3.8) is 0 Å². The number of nitriles is 1. The maximum absolute atomic E-state index is 13.5. The highest BCUT2D eigenvalue weighted by Crippen LogP contribution is 2.43. The van der Waals surface area contributed by atoms with Crippen LogP contribution in [0, 0.1) is 18.3 Å². The predicted octanol–water partition coefficient (Wildman–Crippen LogP) is 6.60. The van der Waals surface area contributed by atoms with Crippen molar-refractivity contribution in [2.24, 2.45) is 0 Å². The van der Waals surface area contributed by atoms with Gasteiger partial charge in [-0.05, 0) is 37.6 Å². The van der Waals surface area contributed by atoms with Gasteiger partial charge < -0.3 is 10.6 Å². The number of ketones is 1. The lowest BCUT2D eigenvalue weighted by Gasteiger charge is -2.30. The van der Waals surface area contributed by atoms with E-state index < -0.39 is 5.92 Å². The smallest absolute Gasteiger partial charge is 0.254 e. The molecule has 0 fully saturated rings. The minimum Gasteiger partial charge on any atom is -0.353 e. The zero-order valence-corrected chi connectivity index (χ0v) is 21.4. The van der Waals surface area contributed by atoms with Gasteiger partial charge in [0.25, 0.3) is 5.91 Å². The summed E-state index contributed by atoms with van der Waals surface area (Å²) < 4.78 is 0. The average molecular weight is 514 g/mol. The Morgan fingerprint density at radius 3 is 2.33 bits per heavy atom. The minimum absolute atomic E-state index is 0.0462. The number of amides is 1. The Balaban J connectivity index is 1.69. The first kappa shape index (κ1) is 25.3. The van der Waals surface area contributed by atoms with Crippen molar-refractivity contribution < 1.29 is 9.59 Å². The number of allylic oxidation sites excluding steroid dienone is 2. The molecule has 36 heavy (non-hydrogen) atoms. The van der Waals surface area contributed by atoms with Gasteiger partial charge in [0.2, 0.25) is 0 Å². The Morgan fingerprint density at radius 1 is 1.00 bits per heavy atom. The summed E-state index contributed by atoms with van der Waals surface area (Å²) in [6.45, 7) is 3.76. The van der Waals surface area contributed by atoms with E-state index in [2.05, 4.69) is 16.7 Å². The molecule has 1 amide bonds. The summed E-state index contributed by atoms with van der Waals surface area (Å²) in [5.74, 6) is -0.922. The van der Waals surface area contributed by atoms with Crippen LogP contribution in [0.4, 0.5) is 5.69 Å². The SMILES string of the molecule is CC1=C(C(=O)Nc2ccccc2)[C@@H](c2ccccc2Cl)C(C#N)=C(SCC(=O)c2ccc(C)cc2)N1. The molecule has 0 radical (unpaired) electrons. The lowest BCUT2D eigenvalue weighted by atomic mass is 9.82. The van der Waals surface area contributed by atoms with Gasteiger partial charge in [0.15, 0.2) is 5.78 Å². The topological polar surface area (TPSA) is 82.0 Å². The molecule has 0 saturated carbocycles. The summed E-state index contributed by atoms with van der Waals surface area (Å²) in [7, 11) is 0. The first-order valence-corrected chi connectivity index (χ1v) is 12.7. The molecule has 3 aromatic rings. The highest BCUT2D eigenvalue weighted by Gasteiger charge is 2.36. The van der Waals surface area contributed by atoms with Crippen molar-refractivity contribution >= 4 is 40.7 Å². The van der Waals surface area contributed by atoms with Gasteiger partial charge in [-0.2, -0.15) is 5.26 Å². The number of carbonyl (C=O) groups is 2. The molecule has 2 N–H and O–H groups in total. The molecule has 0 saturated heterocycles. The van der Waals surface area contributed by atoms with Gasteiger partial charge in [-0.15, -0.1) is 0 Å². The monoisotopic (exact) mass is 513 g/mol. The van der Waals surface area contributed by atoms with Crippen molar-refractivity contribution in [2.45, 2.75) is 19.8 Å². The Hall–Kier alpha value is -3.79. The zero-order chi connectivity index (χ0) is 25.7. The van der Waals surface area contributed by atoms with E-state index in [1.165, 1.54) is 11.8 Å². The van der Waals surface area contributed by atoms with Crippen LogP contribution >= 0.6 is 23.4 Å². The summed E-state index contributed by atoms with van der Waals surface area (Å²) in [4.78, 5) is 26.3. The highest BCUT2D eigenvalue weighted by molar-refractivity contribution is 8.03. The van der Waals surface area contributed by atoms with Crippen molar-refractivity contribution in [3.05, 3.63) is 122 Å². The number of para-hydroxylation sites is 1. The number of anilines is 1. The fraction of sp³-hybridized carbons (Fsp3) is 0.138. The van der Waals surface area contributed by atoms with E-state index in [-0.39, 0.29) is 17.4 Å². The number of hydrogen-bond acceptors (Lipinski definition) is 5. The molecule has 7 heteroatoms. The van der Waals surface area contributed by atoms with Gasteiger partial charge in [-0.3, -0.25) is 9.59 Å². The number of Topliss-reactive ketones (excluding diaryl/α,β-unsaturated/α-hetero) is 1. The minimum atomic E-state index is -0.689. The summed E-state index contributed by atoms with van der Waals surface area (Å²) in [5, 5.41) is 17.4. The standard InChI is InChI=1S/C29H24ClN3O2S/c1-18-12-14-20(15-13-18)25(34)17-36-29-23(16-31)27(22-10-6-7-11-24(22)30)26(19(2)32-29)28(35)33-21-8-4-3-5-9-21/h3-15,27,32H,17H2,1-2H3,(H,33,35)/t27-/m0/s1. The van der Waals surface area contributed by atoms with Crippen LogP contribution in [0.2, 0.25) is 5.02 Å². The summed E-state index contributed by atoms with van der Waals surface area (Å²) in [6.07, 6.45) is 0. The molecule has 3 aromatic carbocycles. The number of carbonyl (C=O) groups excluding carboxylic acids is 2. The van der Waals surface area contributed by atoms with Crippen molar-refractivity contribution in [1.82, 2.24) is 5.32 Å². The fourth-order valence-corrected chi connectivity index (χ4v) is 5.26. The third-order valence-electron chi connectivity index (χ3n) is 5.86. The summed E-state index contributed by atoms with van der Waals surface area (Å²) >= 11 is 7.81. The Bertz CT molecular complexity index is 1410. The van der Waals surface area contributed by atoms with E-state index in [1.807, 2.05) is 49.4 Å². The second kappa shape index (κ2) is 11.3. The average Bonchev–Trinajstić information content (AvgIpc) is 2.88. The van der Waals surface area contributed by atoms with Crippen LogP contribution in [-0.2, 0) is 4.79 Å². The highest BCUT2D eigenvalue weighted by atomic mass is 35.5. The summed E-state index contributed by atoms with van der Waals surface area (Å²) in [5.41, 5.74) is 4.32. The molecular weight excluding hydrogens is 490 g/mol. The van der Waals surface area contributed by atoms with E-state index in [0.717, 1.165) is 5.56 Å². The van der Waals surface area contributed by atoms with Gasteiger partial charge >= 0.3 is 0 Å². The number of halogens is 1. The molecule has 5 nitrogen and oxygen atoms in total. The lowest BCUT2D eigenvalue weighted by molar-refractivity contribution is -0.113. The van der Waals surface area contributed by atoms with Crippen LogP contribution in [0.3, 0.4) is 0 Å². The van der Waals surface area contributed by atoms with Crippen LogP contribution in [-0.4, -0.2) is 17.4 Å². The molecule has 0 aromatic heterocycles. The second-order valence-corrected chi connectivity index (χ2v) is 9.76. The van der Waals surface area contributed by atoms with Gasteiger partial charge in [0, 0.05) is 27.5 Å². The molecule has 0 aliphatic carbocycles. The zero-order valence-electron chi connectivity index (χ0n) is 19.8. The molecule has 0 unspecified atom stereocenters. The van der Waals surface area contributed by atoms with Crippen LogP contribution in [0.25, 0.3) is 0 Å². The molecular formula is C29H24ClN3O2S. The number of dihydropyridines is 1. The van der Waals surface area contributed by atoms with Crippen LogP contribution in [0.15, 0.2) is 101 Å². The van der Waals surface area contributed by atoms with Gasteiger partial charge in [0.05, 0.1) is 28.3 Å². The Morgan fingerprint density at radius 2 is 1.67 bits per heavy atom. The summed E-state index contributed by atoms with van der Waals surface area (Å²) in [6, 6.07) is 26.0. The lowest BCUT2D eigenvalue weighted by Crippen LogP contribution is -2.31. The third-order valence-corrected chi connectivity index (χ3v) is 7.22. The van der Waals surface area contributed by atoms with E-state index in [0.29, 0.717) is 43.7 Å². The number of thioether (sulfide) groups is 1. The van der Waals surface area contributed by atoms with Crippen LogP contribution < -0.4 is 10.6 Å². The number of rotatable bonds is 7. The van der Waals surface area contributed by atoms with Crippen molar-refractivity contribution in [2.75, 3.05) is 11.1 Å². The first-order valence-electron chi connectivity index (χ1n) is 11.3. The molecule has 1 aliphatic heterocycles. The largest absolute Gasteiger partial charge is 0.353 e. The van der Waals surface area contributed by atoms with Gasteiger partial charge in [-0.1, -0.05) is 89.6 Å². The first-order chi connectivity index (χ1) is 17.4. The van der Waals surface area contributed by atoms with Crippen LogP contribution in [0.5, 0.6) is 0 Å². The van der Waals surface area contributed by atoms with Gasteiger partial charge in [-0.25, -0.2) is 0 Å². The number of aryl methyl sites for hydroxylation is 1. The molecule has 0 spiro atoms. The molecule has 1 aliphatic rings. The quantitative estimate of drug-likeness (QED) is 0.348. The number of nitrogens with one attached hydrogen (secondary N) is 2. The molecule has 180 valence electrons. The van der Waals surface area contributed by atoms with Gasteiger partial charge in [0.1, 0.15) is 0 Å². The number of benzene rings is 3. The maximum atomic E-state index is 13.5.